The van der Waals surface area contributed by atoms with Crippen LogP contribution in [0.4, 0.5) is 0 Å². The van der Waals surface area contributed by atoms with Crippen molar-refractivity contribution in [1.29, 1.82) is 0 Å². The summed E-state index contributed by atoms with van der Waals surface area (Å²) in [5.41, 5.74) is 2.01. The van der Waals surface area contributed by atoms with E-state index in [1.807, 2.05) is 42.6 Å². The van der Waals surface area contributed by atoms with Gasteiger partial charge >= 0.3 is 0 Å². The molecule has 0 amide bonds. The molecule has 4 heteroatoms. The SMILES string of the molecule is CO.CO.[Ir].[c-]1ccccc1-c1cc2ccccc2cn1. The summed E-state index contributed by atoms with van der Waals surface area (Å²) in [7, 11) is 2.00. The number of hydrogen-bond acceptors (Lipinski definition) is 3. The Kier molecular flexibility index (Phi) is 10.3. The summed E-state index contributed by atoms with van der Waals surface area (Å²) in [5, 5.41) is 16.4. The topological polar surface area (TPSA) is 53.4 Å². The van der Waals surface area contributed by atoms with Crippen molar-refractivity contribution in [3.8, 4) is 11.3 Å². The molecule has 3 aromatic rings. The molecule has 0 aliphatic carbocycles. The zero-order chi connectivity index (χ0) is 14.8. The van der Waals surface area contributed by atoms with Crippen molar-refractivity contribution in [3.05, 3.63) is 66.9 Å². The Labute approximate surface area is 138 Å². The first kappa shape index (κ1) is 19.4. The number of aliphatic hydroxyl groups is 2. The fourth-order valence-electron chi connectivity index (χ4n) is 1.78. The molecular weight excluding hydrogens is 442 g/mol. The second-order valence-corrected chi connectivity index (χ2v) is 3.69. The van der Waals surface area contributed by atoms with E-state index in [2.05, 4.69) is 29.2 Å². The third-order valence-electron chi connectivity index (χ3n) is 2.62. The molecule has 0 saturated carbocycles. The molecule has 0 spiro atoms. The number of aliphatic hydroxyl groups excluding tert-OH is 2. The van der Waals surface area contributed by atoms with Gasteiger partial charge in [0, 0.05) is 40.5 Å². The molecule has 1 radical (unpaired) electrons. The van der Waals surface area contributed by atoms with Crippen LogP contribution in [-0.4, -0.2) is 29.4 Å². The first-order valence-electron chi connectivity index (χ1n) is 6.15. The number of aromatic nitrogens is 1. The van der Waals surface area contributed by atoms with Gasteiger partial charge in [-0.25, -0.2) is 0 Å². The van der Waals surface area contributed by atoms with E-state index in [0.717, 1.165) is 25.5 Å². The van der Waals surface area contributed by atoms with E-state index >= 15 is 0 Å². The number of pyridine rings is 1. The normalized spacial score (nSPS) is 8.57. The van der Waals surface area contributed by atoms with Crippen molar-refractivity contribution < 1.29 is 30.3 Å². The van der Waals surface area contributed by atoms with Crippen LogP contribution in [0.2, 0.25) is 0 Å². The quantitative estimate of drug-likeness (QED) is 0.549. The van der Waals surface area contributed by atoms with Gasteiger partial charge in [0.25, 0.3) is 0 Å². The molecule has 0 unspecified atom stereocenters. The molecule has 0 aliphatic rings. The Balaban J connectivity index is 0.000000741. The molecule has 0 aliphatic heterocycles. The van der Waals surface area contributed by atoms with Crippen LogP contribution in [-0.2, 0) is 20.1 Å². The average molecular weight is 461 g/mol. The molecule has 0 saturated heterocycles. The van der Waals surface area contributed by atoms with Crippen LogP contribution in [0.5, 0.6) is 0 Å². The first-order chi connectivity index (χ1) is 9.93. The molecule has 0 fully saturated rings. The summed E-state index contributed by atoms with van der Waals surface area (Å²) >= 11 is 0. The van der Waals surface area contributed by atoms with Crippen LogP contribution in [0.25, 0.3) is 22.0 Å². The number of fused-ring (bicyclic) bond motifs is 1. The molecule has 113 valence electrons. The van der Waals surface area contributed by atoms with Gasteiger partial charge in [-0.3, -0.25) is 0 Å². The minimum atomic E-state index is 0. The minimum Gasteiger partial charge on any atom is -0.400 e. The Morgan fingerprint density at radius 2 is 1.48 bits per heavy atom. The van der Waals surface area contributed by atoms with Gasteiger partial charge in [0.15, 0.2) is 0 Å². The van der Waals surface area contributed by atoms with Crippen LogP contribution < -0.4 is 0 Å². The van der Waals surface area contributed by atoms with E-state index in [1.54, 1.807) is 0 Å². The fourth-order valence-corrected chi connectivity index (χ4v) is 1.78. The summed E-state index contributed by atoms with van der Waals surface area (Å²) in [6, 6.07) is 21.4. The van der Waals surface area contributed by atoms with Crippen molar-refractivity contribution in [2.45, 2.75) is 0 Å². The maximum absolute atomic E-state index is 7.00. The average Bonchev–Trinajstić information content (AvgIpc) is 2.59. The second-order valence-electron chi connectivity index (χ2n) is 3.69. The molecule has 1 heterocycles. The summed E-state index contributed by atoms with van der Waals surface area (Å²) in [5.74, 6) is 0. The van der Waals surface area contributed by atoms with Crippen molar-refractivity contribution in [1.82, 2.24) is 4.98 Å². The van der Waals surface area contributed by atoms with E-state index in [0.29, 0.717) is 0 Å². The molecule has 0 bridgehead atoms. The zero-order valence-electron chi connectivity index (χ0n) is 11.9. The van der Waals surface area contributed by atoms with Crippen LogP contribution >= 0.6 is 0 Å². The number of nitrogens with zero attached hydrogens (tertiary/aromatic N) is 1. The van der Waals surface area contributed by atoms with E-state index in [1.165, 1.54) is 10.8 Å². The monoisotopic (exact) mass is 461 g/mol. The Bertz CT molecular complexity index is 630. The van der Waals surface area contributed by atoms with Gasteiger partial charge in [-0.15, -0.1) is 35.9 Å². The Morgan fingerprint density at radius 3 is 2.10 bits per heavy atom. The van der Waals surface area contributed by atoms with Gasteiger partial charge < -0.3 is 15.2 Å². The third-order valence-corrected chi connectivity index (χ3v) is 2.62. The molecule has 2 N–H and O–H groups in total. The van der Waals surface area contributed by atoms with E-state index < -0.39 is 0 Å². The molecular formula is C17H18IrNO2-. The standard InChI is InChI=1S/C15H10N.2CH4O.Ir/c1-2-6-12(7-3-1)15-10-13-8-4-5-9-14(13)11-16-15;2*1-2;/h1-6,8-11H;2*2H,1H3;/q-1;;;. The van der Waals surface area contributed by atoms with Crippen LogP contribution in [0.15, 0.2) is 60.8 Å². The minimum absolute atomic E-state index is 0. The number of rotatable bonds is 1. The third kappa shape index (κ3) is 5.37. The Morgan fingerprint density at radius 1 is 0.857 bits per heavy atom. The number of hydrogen-bond donors (Lipinski definition) is 2. The molecule has 21 heavy (non-hydrogen) atoms. The van der Waals surface area contributed by atoms with E-state index in [-0.39, 0.29) is 20.1 Å². The summed E-state index contributed by atoms with van der Waals surface area (Å²) in [6.07, 6.45) is 1.91. The molecule has 2 aromatic carbocycles. The number of benzene rings is 2. The largest absolute Gasteiger partial charge is 0.400 e. The van der Waals surface area contributed by atoms with Crippen LogP contribution in [0.1, 0.15) is 0 Å². The smallest absolute Gasteiger partial charge is 0.0319 e. The van der Waals surface area contributed by atoms with Crippen LogP contribution in [0.3, 0.4) is 0 Å². The van der Waals surface area contributed by atoms with Crippen LogP contribution in [0, 0.1) is 6.07 Å². The molecule has 3 rings (SSSR count). The molecule has 3 nitrogen and oxygen atoms in total. The van der Waals surface area contributed by atoms with Gasteiger partial charge in [0.05, 0.1) is 0 Å². The van der Waals surface area contributed by atoms with Gasteiger partial charge in [-0.05, 0) is 16.5 Å². The summed E-state index contributed by atoms with van der Waals surface area (Å²) < 4.78 is 0. The fraction of sp³-hybridized carbons (Fsp3) is 0.118. The van der Waals surface area contributed by atoms with Crippen molar-refractivity contribution >= 4 is 10.8 Å². The van der Waals surface area contributed by atoms with E-state index in [4.69, 9.17) is 10.2 Å². The second kappa shape index (κ2) is 11.1. The first-order valence-corrected chi connectivity index (χ1v) is 6.15. The molecule has 1 aromatic heterocycles. The summed E-state index contributed by atoms with van der Waals surface area (Å²) in [6.45, 7) is 0. The van der Waals surface area contributed by atoms with Crippen molar-refractivity contribution in [2.24, 2.45) is 0 Å². The maximum Gasteiger partial charge on any atom is 0.0319 e. The van der Waals surface area contributed by atoms with Crippen molar-refractivity contribution in [2.75, 3.05) is 14.2 Å². The van der Waals surface area contributed by atoms with Gasteiger partial charge in [0.1, 0.15) is 0 Å². The van der Waals surface area contributed by atoms with Gasteiger partial charge in [-0.2, -0.15) is 0 Å². The predicted molar refractivity (Wildman–Crippen MR) is 82.3 cm³/mol. The maximum atomic E-state index is 7.00. The van der Waals surface area contributed by atoms with E-state index in [9.17, 15) is 0 Å². The van der Waals surface area contributed by atoms with Gasteiger partial charge in [-0.1, -0.05) is 30.3 Å². The molecule has 0 atom stereocenters. The predicted octanol–water partition coefficient (Wildman–Crippen LogP) is 2.92. The van der Waals surface area contributed by atoms with Gasteiger partial charge in [0.2, 0.25) is 0 Å². The Hall–Kier alpha value is -1.58. The zero-order valence-corrected chi connectivity index (χ0v) is 14.3. The van der Waals surface area contributed by atoms with Crippen molar-refractivity contribution in [3.63, 3.8) is 0 Å². The summed E-state index contributed by atoms with van der Waals surface area (Å²) in [4.78, 5) is 4.45.